The third-order valence-electron chi connectivity index (χ3n) is 6.38. The maximum Gasteiger partial charge on any atom is 0.253 e. The molecule has 6 heteroatoms. The monoisotopic (exact) mass is 464 g/mol. The van der Waals surface area contributed by atoms with Crippen LogP contribution >= 0.6 is 0 Å². The Kier molecular flexibility index (Phi) is 7.27. The zero-order valence-corrected chi connectivity index (χ0v) is 20.9. The van der Waals surface area contributed by atoms with Crippen molar-refractivity contribution in [1.29, 1.82) is 0 Å². The van der Waals surface area contributed by atoms with Gasteiger partial charge >= 0.3 is 0 Å². The summed E-state index contributed by atoms with van der Waals surface area (Å²) in [5.74, 6) is 1.70. The maximum absolute atomic E-state index is 13.3. The van der Waals surface area contributed by atoms with Crippen molar-refractivity contribution in [3.05, 3.63) is 65.5 Å². The number of aromatic nitrogens is 1. The van der Waals surface area contributed by atoms with Crippen LogP contribution in [0.25, 0.3) is 5.76 Å². The van der Waals surface area contributed by atoms with E-state index in [1.165, 1.54) is 0 Å². The number of hydrogen-bond donors (Lipinski definition) is 0. The summed E-state index contributed by atoms with van der Waals surface area (Å²) in [6.45, 7) is 11.4. The quantitative estimate of drug-likeness (QED) is 0.572. The third-order valence-corrected chi connectivity index (χ3v) is 6.38. The van der Waals surface area contributed by atoms with Gasteiger partial charge in [-0.25, -0.2) is 0 Å². The van der Waals surface area contributed by atoms with Gasteiger partial charge in [0.15, 0.2) is 0 Å². The number of amides is 1. The van der Waals surface area contributed by atoms with Crippen LogP contribution in [0.5, 0.6) is 5.75 Å². The van der Waals surface area contributed by atoms with Gasteiger partial charge in [0.2, 0.25) is 0 Å². The fourth-order valence-electron chi connectivity index (χ4n) is 4.78. The maximum atomic E-state index is 13.3. The summed E-state index contributed by atoms with van der Waals surface area (Å²) in [4.78, 5) is 19.4. The lowest BCUT2D eigenvalue weighted by molar-refractivity contribution is -0.0784. The zero-order valence-electron chi connectivity index (χ0n) is 20.9. The molecule has 1 unspecified atom stereocenters. The van der Waals surface area contributed by atoms with E-state index in [1.807, 2.05) is 62.2 Å². The number of carbonyl (C=O) groups is 1. The molecule has 1 amide bonds. The second kappa shape index (κ2) is 10.2. The van der Waals surface area contributed by atoms with E-state index in [4.69, 9.17) is 14.2 Å². The molecule has 182 valence electrons. The Morgan fingerprint density at radius 2 is 1.91 bits per heavy atom. The number of piperidine rings is 1. The van der Waals surface area contributed by atoms with Crippen LogP contribution in [-0.4, -0.2) is 52.8 Å². The molecular weight excluding hydrogens is 428 g/mol. The molecule has 1 fully saturated rings. The summed E-state index contributed by atoms with van der Waals surface area (Å²) in [7, 11) is 0. The van der Waals surface area contributed by atoms with Crippen LogP contribution < -0.4 is 4.74 Å². The largest absolute Gasteiger partial charge is 0.491 e. The molecule has 34 heavy (non-hydrogen) atoms. The Labute approximate surface area is 202 Å². The van der Waals surface area contributed by atoms with Gasteiger partial charge in [-0.2, -0.15) is 0 Å². The minimum absolute atomic E-state index is 0.0256. The highest BCUT2D eigenvalue weighted by Crippen LogP contribution is 2.41. The van der Waals surface area contributed by atoms with Gasteiger partial charge in [0.25, 0.3) is 5.91 Å². The van der Waals surface area contributed by atoms with Crippen LogP contribution in [0.2, 0.25) is 0 Å². The number of rotatable bonds is 6. The molecule has 2 aromatic rings. The smallest absolute Gasteiger partial charge is 0.253 e. The minimum Gasteiger partial charge on any atom is -0.491 e. The zero-order chi connectivity index (χ0) is 24.3. The Morgan fingerprint density at radius 3 is 2.53 bits per heavy atom. The molecule has 0 aliphatic carbocycles. The van der Waals surface area contributed by atoms with Crippen molar-refractivity contribution in [2.75, 3.05) is 13.1 Å². The molecule has 3 heterocycles. The first kappa shape index (κ1) is 24.3. The Hall–Kier alpha value is -2.86. The van der Waals surface area contributed by atoms with E-state index in [2.05, 4.69) is 24.9 Å². The van der Waals surface area contributed by atoms with Gasteiger partial charge in [-0.05, 0) is 76.6 Å². The topological polar surface area (TPSA) is 60.9 Å². The molecule has 2 aliphatic heterocycles. The fraction of sp³-hybridized carbons (Fsp3) is 0.500. The SMILES string of the molecule is Cc1cc(C(=O)N2CCC3(CC2)CC(OC(C)C)C=C(c2cccnc2)O3)ccc1OC(C)C. The lowest BCUT2D eigenvalue weighted by atomic mass is 9.83. The van der Waals surface area contributed by atoms with E-state index < -0.39 is 0 Å². The van der Waals surface area contributed by atoms with Gasteiger partial charge in [-0.15, -0.1) is 0 Å². The average Bonchev–Trinajstić information content (AvgIpc) is 2.80. The fourth-order valence-corrected chi connectivity index (χ4v) is 4.78. The second-order valence-corrected chi connectivity index (χ2v) is 9.92. The van der Waals surface area contributed by atoms with E-state index in [0.29, 0.717) is 18.7 Å². The molecule has 4 rings (SSSR count). The van der Waals surface area contributed by atoms with Crippen molar-refractivity contribution >= 4 is 11.7 Å². The van der Waals surface area contributed by atoms with E-state index in [-0.39, 0.29) is 29.8 Å². The van der Waals surface area contributed by atoms with Crippen molar-refractivity contribution in [2.45, 2.75) is 77.8 Å². The number of carbonyl (C=O) groups excluding carboxylic acids is 1. The Morgan fingerprint density at radius 1 is 1.15 bits per heavy atom. The molecule has 1 aromatic heterocycles. The van der Waals surface area contributed by atoms with E-state index in [0.717, 1.165) is 41.9 Å². The Balaban J connectivity index is 1.46. The number of pyridine rings is 1. The van der Waals surface area contributed by atoms with Crippen LogP contribution in [0.4, 0.5) is 0 Å². The number of likely N-dealkylation sites (tertiary alicyclic amines) is 1. The summed E-state index contributed by atoms with van der Waals surface area (Å²) >= 11 is 0. The molecule has 1 aromatic carbocycles. The van der Waals surface area contributed by atoms with Crippen molar-refractivity contribution in [3.63, 3.8) is 0 Å². The Bertz CT molecular complexity index is 1020. The number of benzene rings is 1. The molecule has 0 N–H and O–H groups in total. The molecule has 0 saturated carbocycles. The normalized spacial score (nSPS) is 19.8. The lowest BCUT2D eigenvalue weighted by Crippen LogP contribution is -2.50. The molecule has 1 atom stereocenters. The second-order valence-electron chi connectivity index (χ2n) is 9.92. The standard InChI is InChI=1S/C28H36N2O4/c1-19(2)32-24-16-26(23-7-6-12-29-18-23)34-28(17-24)10-13-30(14-11-28)27(31)22-8-9-25(21(5)15-22)33-20(3)4/h6-9,12,15-16,18-20,24H,10-11,13-14,17H2,1-5H3. The summed E-state index contributed by atoms with van der Waals surface area (Å²) in [5.41, 5.74) is 2.28. The predicted octanol–water partition coefficient (Wildman–Crippen LogP) is 5.41. The summed E-state index contributed by atoms with van der Waals surface area (Å²) in [6, 6.07) is 9.62. The number of nitrogens with zero attached hydrogens (tertiary/aromatic N) is 2. The highest BCUT2D eigenvalue weighted by Gasteiger charge is 2.43. The van der Waals surface area contributed by atoms with Crippen molar-refractivity contribution in [2.24, 2.45) is 0 Å². The van der Waals surface area contributed by atoms with Gasteiger partial charge in [-0.1, -0.05) is 0 Å². The van der Waals surface area contributed by atoms with Gasteiger partial charge in [-0.3, -0.25) is 9.78 Å². The van der Waals surface area contributed by atoms with Gasteiger partial charge in [0.1, 0.15) is 17.1 Å². The average molecular weight is 465 g/mol. The molecule has 1 saturated heterocycles. The minimum atomic E-state index is -0.346. The van der Waals surface area contributed by atoms with Gasteiger partial charge in [0, 0.05) is 55.9 Å². The molecule has 2 aliphatic rings. The van der Waals surface area contributed by atoms with Crippen LogP contribution in [-0.2, 0) is 9.47 Å². The molecular formula is C28H36N2O4. The van der Waals surface area contributed by atoms with Crippen LogP contribution in [0.15, 0.2) is 48.8 Å². The number of hydrogen-bond acceptors (Lipinski definition) is 5. The molecule has 1 spiro atoms. The van der Waals surface area contributed by atoms with Crippen LogP contribution in [0.1, 0.15) is 68.4 Å². The summed E-state index contributed by atoms with van der Waals surface area (Å²) in [6.07, 6.45) is 8.18. The van der Waals surface area contributed by atoms with E-state index in [1.54, 1.807) is 6.20 Å². The first-order valence-corrected chi connectivity index (χ1v) is 12.3. The predicted molar refractivity (Wildman–Crippen MR) is 133 cm³/mol. The third kappa shape index (κ3) is 5.61. The van der Waals surface area contributed by atoms with Crippen molar-refractivity contribution < 1.29 is 19.0 Å². The molecule has 0 bridgehead atoms. The first-order valence-electron chi connectivity index (χ1n) is 12.3. The summed E-state index contributed by atoms with van der Waals surface area (Å²) < 4.78 is 18.6. The molecule has 0 radical (unpaired) electrons. The first-order chi connectivity index (χ1) is 16.2. The van der Waals surface area contributed by atoms with E-state index >= 15 is 0 Å². The number of aryl methyl sites for hydroxylation is 1. The van der Waals surface area contributed by atoms with E-state index in [9.17, 15) is 4.79 Å². The van der Waals surface area contributed by atoms with Crippen molar-refractivity contribution in [1.82, 2.24) is 9.88 Å². The van der Waals surface area contributed by atoms with Crippen LogP contribution in [0, 0.1) is 6.92 Å². The van der Waals surface area contributed by atoms with Crippen molar-refractivity contribution in [3.8, 4) is 5.75 Å². The highest BCUT2D eigenvalue weighted by molar-refractivity contribution is 5.94. The highest BCUT2D eigenvalue weighted by atomic mass is 16.5. The molecule has 6 nitrogen and oxygen atoms in total. The number of ether oxygens (including phenoxy) is 3. The van der Waals surface area contributed by atoms with Gasteiger partial charge in [0.05, 0.1) is 18.3 Å². The van der Waals surface area contributed by atoms with Crippen LogP contribution in [0.3, 0.4) is 0 Å². The lowest BCUT2D eigenvalue weighted by Gasteiger charge is -2.46. The van der Waals surface area contributed by atoms with Gasteiger partial charge < -0.3 is 19.1 Å². The summed E-state index contributed by atoms with van der Waals surface area (Å²) in [5, 5.41) is 0.